The number of aromatic nitrogens is 3. The van der Waals surface area contributed by atoms with Crippen molar-refractivity contribution in [3.8, 4) is 0 Å². The van der Waals surface area contributed by atoms with Gasteiger partial charge in [0, 0.05) is 18.2 Å². The quantitative estimate of drug-likeness (QED) is 0.399. The summed E-state index contributed by atoms with van der Waals surface area (Å²) in [5.41, 5.74) is 6.05. The summed E-state index contributed by atoms with van der Waals surface area (Å²) < 4.78 is 7.01. The number of anilines is 1. The Balaban J connectivity index is 0.000000182. The number of aliphatic hydroxyl groups excluding tert-OH is 3. The van der Waals surface area contributed by atoms with Crippen molar-refractivity contribution >= 4 is 5.82 Å². The number of aryl methyl sites for hydroxylation is 1. The lowest BCUT2D eigenvalue weighted by Crippen LogP contribution is -2.36. The summed E-state index contributed by atoms with van der Waals surface area (Å²) in [4.78, 5) is 26.4. The largest absolute Gasteiger partial charge is 0.425 e. The SMILES string of the molecule is Cc1cc(C2CCCCC2)n(O)c(=O)c1.Nc1ccn([C@@H]2O[C@H](CO)[C@@H](O)[C@@H]2O)c(=O)n1. The lowest BCUT2D eigenvalue weighted by atomic mass is 9.86. The zero-order valence-corrected chi connectivity index (χ0v) is 17.9. The summed E-state index contributed by atoms with van der Waals surface area (Å²) in [6.07, 6.45) is 2.59. The number of hydrogen-bond donors (Lipinski definition) is 5. The Labute approximate surface area is 184 Å². The highest BCUT2D eigenvalue weighted by molar-refractivity contribution is 5.23. The molecule has 1 saturated carbocycles. The maximum Gasteiger partial charge on any atom is 0.351 e. The van der Waals surface area contributed by atoms with E-state index in [0.717, 1.165) is 33.4 Å². The fourth-order valence-corrected chi connectivity index (χ4v) is 4.14. The minimum absolute atomic E-state index is 0.0537. The van der Waals surface area contributed by atoms with E-state index in [0.29, 0.717) is 5.92 Å². The van der Waals surface area contributed by atoms with Crippen molar-refractivity contribution in [2.75, 3.05) is 12.3 Å². The predicted molar refractivity (Wildman–Crippen MR) is 114 cm³/mol. The van der Waals surface area contributed by atoms with Crippen LogP contribution in [0.1, 0.15) is 55.5 Å². The van der Waals surface area contributed by atoms with Gasteiger partial charge in [0.2, 0.25) is 0 Å². The third-order valence-corrected chi connectivity index (χ3v) is 5.85. The van der Waals surface area contributed by atoms with Crippen molar-refractivity contribution in [2.45, 2.75) is 69.5 Å². The van der Waals surface area contributed by atoms with E-state index < -0.39 is 36.8 Å². The predicted octanol–water partition coefficient (Wildman–Crippen LogP) is -0.121. The summed E-state index contributed by atoms with van der Waals surface area (Å²) in [5.74, 6) is 0.411. The summed E-state index contributed by atoms with van der Waals surface area (Å²) in [6.45, 7) is 1.44. The monoisotopic (exact) mass is 450 g/mol. The van der Waals surface area contributed by atoms with Gasteiger partial charge in [-0.15, -0.1) is 0 Å². The Bertz CT molecular complexity index is 1030. The van der Waals surface area contributed by atoms with Crippen molar-refractivity contribution in [3.63, 3.8) is 0 Å². The topological polar surface area (TPSA) is 173 Å². The minimum Gasteiger partial charge on any atom is -0.425 e. The van der Waals surface area contributed by atoms with Crippen LogP contribution in [0.25, 0.3) is 0 Å². The Morgan fingerprint density at radius 3 is 2.44 bits per heavy atom. The summed E-state index contributed by atoms with van der Waals surface area (Å²) >= 11 is 0. The number of hydrogen-bond acceptors (Lipinski definition) is 9. The van der Waals surface area contributed by atoms with Gasteiger partial charge in [-0.3, -0.25) is 9.36 Å². The second-order valence-corrected chi connectivity index (χ2v) is 8.21. The lowest BCUT2D eigenvalue weighted by Gasteiger charge is -2.22. The van der Waals surface area contributed by atoms with Crippen molar-refractivity contribution in [2.24, 2.45) is 0 Å². The van der Waals surface area contributed by atoms with Crippen molar-refractivity contribution in [3.05, 3.63) is 56.5 Å². The van der Waals surface area contributed by atoms with Gasteiger partial charge in [0.1, 0.15) is 24.1 Å². The van der Waals surface area contributed by atoms with E-state index in [1.165, 1.54) is 37.6 Å². The molecule has 0 radical (unpaired) electrons. The number of nitrogen functional groups attached to an aromatic ring is 1. The van der Waals surface area contributed by atoms with Crippen molar-refractivity contribution in [1.82, 2.24) is 14.3 Å². The average Bonchev–Trinajstić information content (AvgIpc) is 3.06. The molecule has 2 aromatic heterocycles. The second-order valence-electron chi connectivity index (χ2n) is 8.21. The molecule has 0 aromatic carbocycles. The molecule has 2 fully saturated rings. The van der Waals surface area contributed by atoms with Crippen LogP contribution in [0.2, 0.25) is 0 Å². The van der Waals surface area contributed by atoms with Gasteiger partial charge in [0.05, 0.1) is 12.3 Å². The smallest absolute Gasteiger partial charge is 0.351 e. The van der Waals surface area contributed by atoms with Crippen molar-refractivity contribution in [1.29, 1.82) is 0 Å². The van der Waals surface area contributed by atoms with E-state index in [1.807, 2.05) is 13.0 Å². The first kappa shape index (κ1) is 23.9. The zero-order chi connectivity index (χ0) is 23.4. The first-order valence-electron chi connectivity index (χ1n) is 10.6. The maximum absolute atomic E-state index is 11.5. The summed E-state index contributed by atoms with van der Waals surface area (Å²) in [5, 5.41) is 37.8. The molecule has 0 unspecified atom stereocenters. The molecular weight excluding hydrogens is 420 g/mol. The molecule has 0 amide bonds. The normalized spacial score (nSPS) is 25.9. The summed E-state index contributed by atoms with van der Waals surface area (Å²) in [6, 6.07) is 4.76. The minimum atomic E-state index is -1.31. The molecule has 32 heavy (non-hydrogen) atoms. The molecule has 4 rings (SSSR count). The number of nitrogens with two attached hydrogens (primary N) is 1. The number of pyridine rings is 1. The highest BCUT2D eigenvalue weighted by Gasteiger charge is 2.43. The molecule has 6 N–H and O–H groups in total. The third-order valence-electron chi connectivity index (χ3n) is 5.85. The first-order valence-corrected chi connectivity index (χ1v) is 10.6. The van der Waals surface area contributed by atoms with E-state index in [-0.39, 0.29) is 11.4 Å². The highest BCUT2D eigenvalue weighted by atomic mass is 16.6. The van der Waals surface area contributed by atoms with Crippen LogP contribution in [0.4, 0.5) is 5.82 Å². The van der Waals surface area contributed by atoms with Gasteiger partial charge in [-0.25, -0.2) is 4.79 Å². The van der Waals surface area contributed by atoms with E-state index in [2.05, 4.69) is 4.98 Å². The van der Waals surface area contributed by atoms with Gasteiger partial charge in [-0.2, -0.15) is 9.71 Å². The molecule has 0 spiro atoms. The molecule has 1 saturated heterocycles. The Morgan fingerprint density at radius 2 is 1.84 bits per heavy atom. The molecule has 11 nitrogen and oxygen atoms in total. The average molecular weight is 450 g/mol. The Hall–Kier alpha value is -2.73. The van der Waals surface area contributed by atoms with Crippen LogP contribution < -0.4 is 17.0 Å². The molecule has 1 aliphatic carbocycles. The van der Waals surface area contributed by atoms with Crippen LogP contribution in [-0.2, 0) is 4.74 Å². The van der Waals surface area contributed by atoms with Gasteiger partial charge >= 0.3 is 5.69 Å². The van der Waals surface area contributed by atoms with Gasteiger partial charge in [0.25, 0.3) is 5.56 Å². The number of ether oxygens (including phenoxy) is 1. The number of aliphatic hydroxyl groups is 3. The standard InChI is InChI=1S/C12H17NO2.C9H13N3O5/c1-9-7-11(13(15)12(14)8-9)10-5-3-2-4-6-10;10-5-1-2-12(9(16)11-5)8-7(15)6(14)4(3-13)17-8/h7-8,10,15H,2-6H2,1H3;1-2,4,6-8,13-15H,3H2,(H2,10,11,16)/t;4-,6-,7+,8-/m.1/s1. The highest BCUT2D eigenvalue weighted by Crippen LogP contribution is 2.32. The van der Waals surface area contributed by atoms with E-state index in [4.69, 9.17) is 15.6 Å². The van der Waals surface area contributed by atoms with E-state index >= 15 is 0 Å². The molecule has 11 heteroatoms. The second kappa shape index (κ2) is 10.3. The summed E-state index contributed by atoms with van der Waals surface area (Å²) in [7, 11) is 0. The fraction of sp³-hybridized carbons (Fsp3) is 0.571. The fourth-order valence-electron chi connectivity index (χ4n) is 4.14. The lowest BCUT2D eigenvalue weighted by molar-refractivity contribution is -0.0549. The van der Waals surface area contributed by atoms with Crippen LogP contribution in [0.3, 0.4) is 0 Å². The van der Waals surface area contributed by atoms with Gasteiger partial charge in [0.15, 0.2) is 6.23 Å². The van der Waals surface area contributed by atoms with Crippen LogP contribution >= 0.6 is 0 Å². The van der Waals surface area contributed by atoms with Crippen LogP contribution in [-0.4, -0.2) is 59.7 Å². The Morgan fingerprint density at radius 1 is 1.16 bits per heavy atom. The molecule has 2 aromatic rings. The van der Waals surface area contributed by atoms with Crippen molar-refractivity contribution < 1.29 is 25.3 Å². The van der Waals surface area contributed by atoms with Gasteiger partial charge in [-0.1, -0.05) is 19.3 Å². The number of nitrogens with zero attached hydrogens (tertiary/aromatic N) is 3. The first-order chi connectivity index (χ1) is 15.2. The number of rotatable bonds is 3. The zero-order valence-electron chi connectivity index (χ0n) is 17.9. The molecule has 176 valence electrons. The molecule has 2 aliphatic rings. The third kappa shape index (κ3) is 5.18. The van der Waals surface area contributed by atoms with E-state index in [1.54, 1.807) is 0 Å². The molecular formula is C21H30N4O7. The van der Waals surface area contributed by atoms with Gasteiger partial charge in [-0.05, 0) is 37.5 Å². The Kier molecular flexibility index (Phi) is 7.67. The van der Waals surface area contributed by atoms with E-state index in [9.17, 15) is 25.0 Å². The molecule has 1 aliphatic heterocycles. The van der Waals surface area contributed by atoms with Crippen LogP contribution in [0, 0.1) is 6.92 Å². The molecule has 3 heterocycles. The van der Waals surface area contributed by atoms with Gasteiger partial charge < -0.3 is 31.0 Å². The maximum atomic E-state index is 11.5. The van der Waals surface area contributed by atoms with Crippen LogP contribution in [0.5, 0.6) is 0 Å². The van der Waals surface area contributed by atoms with Crippen LogP contribution in [0.15, 0.2) is 34.0 Å². The molecule has 4 atom stereocenters. The molecule has 0 bridgehead atoms.